The summed E-state index contributed by atoms with van der Waals surface area (Å²) in [6.07, 6.45) is 5.62. The lowest BCUT2D eigenvalue weighted by atomic mass is 10.1. The molecule has 0 aliphatic heterocycles. The second-order valence-electron chi connectivity index (χ2n) is 5.47. The molecule has 0 spiro atoms. The van der Waals surface area contributed by atoms with Gasteiger partial charge in [0.25, 0.3) is 5.69 Å². The first-order chi connectivity index (χ1) is 11.1. The Labute approximate surface area is 135 Å². The number of non-ortho nitro benzene ring substituents is 1. The second-order valence-corrected chi connectivity index (χ2v) is 5.47. The molecule has 2 aromatic carbocycles. The predicted octanol–water partition coefficient (Wildman–Crippen LogP) is 5.22. The molecule has 5 nitrogen and oxygen atoms in total. The Hall–Kier alpha value is -2.56. The summed E-state index contributed by atoms with van der Waals surface area (Å²) in [6, 6.07) is 11.2. The molecule has 0 saturated carbocycles. The van der Waals surface area contributed by atoms with E-state index in [4.69, 9.17) is 4.74 Å². The van der Waals surface area contributed by atoms with E-state index in [1.807, 2.05) is 6.07 Å². The molecule has 5 heteroatoms. The number of nitro groups is 1. The monoisotopic (exact) mass is 315 g/mol. The largest absolute Gasteiger partial charge is 0.504 e. The van der Waals surface area contributed by atoms with Gasteiger partial charge in [-0.3, -0.25) is 10.1 Å². The fraction of sp³-hybridized carbons (Fsp3) is 0.333. The molecular formula is C18H21NO4. The van der Waals surface area contributed by atoms with Gasteiger partial charge in [0, 0.05) is 6.07 Å². The van der Waals surface area contributed by atoms with Crippen molar-refractivity contribution in [2.24, 2.45) is 0 Å². The van der Waals surface area contributed by atoms with E-state index in [1.165, 1.54) is 31.4 Å². The van der Waals surface area contributed by atoms with Crippen LogP contribution in [0.3, 0.4) is 0 Å². The molecule has 0 heterocycles. The van der Waals surface area contributed by atoms with Crippen molar-refractivity contribution in [3.8, 4) is 17.2 Å². The van der Waals surface area contributed by atoms with Gasteiger partial charge >= 0.3 is 0 Å². The average Bonchev–Trinajstić information content (AvgIpc) is 2.54. The fourth-order valence-electron chi connectivity index (χ4n) is 2.35. The first-order valence-corrected chi connectivity index (χ1v) is 7.84. The zero-order valence-electron chi connectivity index (χ0n) is 13.2. The minimum atomic E-state index is -0.480. The molecular weight excluding hydrogens is 294 g/mol. The summed E-state index contributed by atoms with van der Waals surface area (Å²) in [6.45, 7) is 2.17. The van der Waals surface area contributed by atoms with E-state index in [0.29, 0.717) is 11.5 Å². The summed E-state index contributed by atoms with van der Waals surface area (Å²) in [5.41, 5.74) is 1.01. The number of phenolic OH excluding ortho intramolecular Hbond substituents is 1. The van der Waals surface area contributed by atoms with Crippen molar-refractivity contribution in [2.75, 3.05) is 0 Å². The Morgan fingerprint density at radius 1 is 1.13 bits per heavy atom. The quantitative estimate of drug-likeness (QED) is 0.412. The minimum Gasteiger partial charge on any atom is -0.504 e. The zero-order chi connectivity index (χ0) is 16.7. The van der Waals surface area contributed by atoms with Gasteiger partial charge < -0.3 is 9.84 Å². The van der Waals surface area contributed by atoms with Gasteiger partial charge in [-0.2, -0.15) is 0 Å². The molecule has 1 N–H and O–H groups in total. The highest BCUT2D eigenvalue weighted by Crippen LogP contribution is 2.33. The number of unbranched alkanes of at least 4 members (excludes halogenated alkanes) is 3. The molecule has 0 radical (unpaired) electrons. The van der Waals surface area contributed by atoms with Crippen molar-refractivity contribution in [1.29, 1.82) is 0 Å². The van der Waals surface area contributed by atoms with Crippen LogP contribution >= 0.6 is 0 Å². The first kappa shape index (κ1) is 16.8. The molecule has 122 valence electrons. The van der Waals surface area contributed by atoms with E-state index in [1.54, 1.807) is 24.3 Å². The van der Waals surface area contributed by atoms with Gasteiger partial charge in [-0.25, -0.2) is 0 Å². The number of nitrogens with zero attached hydrogens (tertiary/aromatic N) is 1. The topological polar surface area (TPSA) is 72.6 Å². The molecule has 0 unspecified atom stereocenters. The van der Waals surface area contributed by atoms with Crippen molar-refractivity contribution in [2.45, 2.75) is 39.0 Å². The van der Waals surface area contributed by atoms with Gasteiger partial charge in [0.15, 0.2) is 11.5 Å². The van der Waals surface area contributed by atoms with Crippen LogP contribution in [0.2, 0.25) is 0 Å². The maximum absolute atomic E-state index is 10.8. The maximum Gasteiger partial charge on any atom is 0.273 e. The number of aryl methyl sites for hydroxylation is 1. The van der Waals surface area contributed by atoms with Crippen LogP contribution in [0.4, 0.5) is 5.69 Å². The molecule has 0 saturated heterocycles. The third kappa shape index (κ3) is 4.98. The molecule has 2 aromatic rings. The molecule has 0 aliphatic carbocycles. The van der Waals surface area contributed by atoms with E-state index >= 15 is 0 Å². The third-order valence-electron chi connectivity index (χ3n) is 3.60. The van der Waals surface area contributed by atoms with Crippen LogP contribution in [0, 0.1) is 10.1 Å². The maximum atomic E-state index is 10.8. The zero-order valence-corrected chi connectivity index (χ0v) is 13.2. The molecule has 0 aliphatic rings. The van der Waals surface area contributed by atoms with E-state index < -0.39 is 4.92 Å². The summed E-state index contributed by atoms with van der Waals surface area (Å²) in [7, 11) is 0. The number of rotatable bonds is 8. The minimum absolute atomic E-state index is 0.0458. The Morgan fingerprint density at radius 2 is 1.96 bits per heavy atom. The van der Waals surface area contributed by atoms with Crippen molar-refractivity contribution >= 4 is 5.69 Å². The Balaban J connectivity index is 2.03. The third-order valence-corrected chi connectivity index (χ3v) is 3.60. The van der Waals surface area contributed by atoms with Crippen molar-refractivity contribution in [1.82, 2.24) is 0 Å². The molecule has 23 heavy (non-hydrogen) atoms. The molecule has 0 bridgehead atoms. The standard InChI is InChI=1S/C18H21NO4/c1-2-3-4-5-7-14-10-11-18(17(20)12-14)23-16-9-6-8-15(13-16)19(21)22/h6,8-13,20H,2-5,7H2,1H3. The molecule has 0 amide bonds. The predicted molar refractivity (Wildman–Crippen MR) is 89.1 cm³/mol. The number of aromatic hydroxyl groups is 1. The van der Waals surface area contributed by atoms with E-state index in [-0.39, 0.29) is 11.4 Å². The van der Waals surface area contributed by atoms with E-state index in [0.717, 1.165) is 18.4 Å². The summed E-state index contributed by atoms with van der Waals surface area (Å²) < 4.78 is 5.54. The van der Waals surface area contributed by atoms with Crippen molar-refractivity contribution in [3.63, 3.8) is 0 Å². The summed E-state index contributed by atoms with van der Waals surface area (Å²) >= 11 is 0. The summed E-state index contributed by atoms with van der Waals surface area (Å²) in [4.78, 5) is 10.3. The van der Waals surface area contributed by atoms with E-state index in [9.17, 15) is 15.2 Å². The van der Waals surface area contributed by atoms with Gasteiger partial charge in [-0.05, 0) is 36.6 Å². The number of phenols is 1. The van der Waals surface area contributed by atoms with Crippen LogP contribution in [0.5, 0.6) is 17.2 Å². The smallest absolute Gasteiger partial charge is 0.273 e. The lowest BCUT2D eigenvalue weighted by Crippen LogP contribution is -1.91. The average molecular weight is 315 g/mol. The Morgan fingerprint density at radius 3 is 2.65 bits per heavy atom. The fourth-order valence-corrected chi connectivity index (χ4v) is 2.35. The lowest BCUT2D eigenvalue weighted by molar-refractivity contribution is -0.384. The molecule has 0 fully saturated rings. The summed E-state index contributed by atoms with van der Waals surface area (Å²) in [5, 5.41) is 20.8. The number of benzene rings is 2. The van der Waals surface area contributed by atoms with Gasteiger partial charge in [0.2, 0.25) is 0 Å². The Bertz CT molecular complexity index is 670. The van der Waals surface area contributed by atoms with Gasteiger partial charge in [-0.1, -0.05) is 38.3 Å². The van der Waals surface area contributed by atoms with Gasteiger partial charge in [0.1, 0.15) is 5.75 Å². The van der Waals surface area contributed by atoms with E-state index in [2.05, 4.69) is 6.92 Å². The number of hydrogen-bond acceptors (Lipinski definition) is 4. The number of nitro benzene ring substituents is 1. The molecule has 0 atom stereocenters. The van der Waals surface area contributed by atoms with Crippen molar-refractivity contribution < 1.29 is 14.8 Å². The van der Waals surface area contributed by atoms with Crippen LogP contribution in [-0.4, -0.2) is 10.0 Å². The van der Waals surface area contributed by atoms with Crippen LogP contribution in [-0.2, 0) is 6.42 Å². The second kappa shape index (κ2) is 8.17. The van der Waals surface area contributed by atoms with Crippen LogP contribution < -0.4 is 4.74 Å². The van der Waals surface area contributed by atoms with Crippen LogP contribution in [0.25, 0.3) is 0 Å². The Kier molecular flexibility index (Phi) is 5.97. The lowest BCUT2D eigenvalue weighted by Gasteiger charge is -2.09. The molecule has 0 aromatic heterocycles. The highest BCUT2D eigenvalue weighted by Gasteiger charge is 2.09. The number of hydrogen-bond donors (Lipinski definition) is 1. The normalized spacial score (nSPS) is 10.5. The SMILES string of the molecule is CCCCCCc1ccc(Oc2cccc([N+](=O)[O-])c2)c(O)c1. The molecule has 2 rings (SSSR count). The first-order valence-electron chi connectivity index (χ1n) is 7.84. The van der Waals surface area contributed by atoms with Gasteiger partial charge in [-0.15, -0.1) is 0 Å². The van der Waals surface area contributed by atoms with Gasteiger partial charge in [0.05, 0.1) is 11.0 Å². The van der Waals surface area contributed by atoms with Crippen LogP contribution in [0.1, 0.15) is 38.2 Å². The van der Waals surface area contributed by atoms with Crippen molar-refractivity contribution in [3.05, 3.63) is 58.1 Å². The highest BCUT2D eigenvalue weighted by atomic mass is 16.6. The van der Waals surface area contributed by atoms with Crippen LogP contribution in [0.15, 0.2) is 42.5 Å². The number of ether oxygens (including phenoxy) is 1. The highest BCUT2D eigenvalue weighted by molar-refractivity contribution is 5.46. The summed E-state index contributed by atoms with van der Waals surface area (Å²) in [5.74, 6) is 0.664.